The van der Waals surface area contributed by atoms with Gasteiger partial charge in [0.15, 0.2) is 6.10 Å². The number of nitro groups is 1. The van der Waals surface area contributed by atoms with Gasteiger partial charge in [0.05, 0.1) is 22.0 Å². The van der Waals surface area contributed by atoms with Crippen molar-refractivity contribution in [1.29, 1.82) is 0 Å². The van der Waals surface area contributed by atoms with Gasteiger partial charge in [-0.15, -0.1) is 0 Å². The van der Waals surface area contributed by atoms with Crippen LogP contribution in [0.1, 0.15) is 23.9 Å². The van der Waals surface area contributed by atoms with Crippen LogP contribution in [-0.2, 0) is 21.4 Å². The fourth-order valence-corrected chi connectivity index (χ4v) is 2.35. The topological polar surface area (TPSA) is 116 Å². The molecule has 27 heavy (non-hydrogen) atoms. The summed E-state index contributed by atoms with van der Waals surface area (Å²) in [6, 6.07) is 5.80. The number of benzene rings is 1. The highest BCUT2D eigenvalue weighted by atomic mass is 16.6. The summed E-state index contributed by atoms with van der Waals surface area (Å²) in [4.78, 5) is 34.4. The Bertz CT molecular complexity index is 916. The minimum Gasteiger partial charge on any atom is -0.449 e. The van der Waals surface area contributed by atoms with E-state index >= 15 is 0 Å². The molecule has 1 aromatic carbocycles. The molecule has 1 amide bonds. The van der Waals surface area contributed by atoms with Gasteiger partial charge in [-0.05, 0) is 32.4 Å². The van der Waals surface area contributed by atoms with E-state index < -0.39 is 22.9 Å². The first-order valence-electron chi connectivity index (χ1n) is 8.13. The third-order valence-corrected chi connectivity index (χ3v) is 3.91. The van der Waals surface area contributed by atoms with E-state index in [4.69, 9.17) is 4.74 Å². The summed E-state index contributed by atoms with van der Waals surface area (Å²) in [7, 11) is 1.76. The van der Waals surface area contributed by atoms with Crippen LogP contribution in [0.4, 0.5) is 11.4 Å². The first kappa shape index (κ1) is 19.8. The Hall–Kier alpha value is -3.49. The van der Waals surface area contributed by atoms with E-state index in [1.54, 1.807) is 24.7 Å². The molecule has 142 valence electrons. The lowest BCUT2D eigenvalue weighted by molar-refractivity contribution is -0.384. The molecule has 0 aliphatic heterocycles. The lowest BCUT2D eigenvalue weighted by atomic mass is 10.2. The summed E-state index contributed by atoms with van der Waals surface area (Å²) in [5, 5.41) is 17.7. The predicted octanol–water partition coefficient (Wildman–Crippen LogP) is 2.53. The Balaban J connectivity index is 1.97. The molecular formula is C18H20N4O5. The zero-order chi connectivity index (χ0) is 20.1. The summed E-state index contributed by atoms with van der Waals surface area (Å²) in [5.41, 5.74) is 2.41. The number of nitrogens with one attached hydrogen (secondary N) is 1. The standard InChI is InChI=1S/C18H20N4O5/c1-11-17(12(2)21(4)20-11)19-18(24)13(3)27-16(23)9-8-14-6-5-7-15(10-14)22(25)26/h5-10,13H,1-4H3,(H,19,24)/b9-8+/t13-/m1/s1. The molecule has 0 aliphatic rings. The molecule has 0 saturated carbocycles. The summed E-state index contributed by atoms with van der Waals surface area (Å²) in [5.74, 6) is -1.21. The molecule has 0 saturated heterocycles. The van der Waals surface area contributed by atoms with Crippen molar-refractivity contribution >= 4 is 29.3 Å². The van der Waals surface area contributed by atoms with E-state index in [-0.39, 0.29) is 5.69 Å². The van der Waals surface area contributed by atoms with E-state index in [2.05, 4.69) is 10.4 Å². The van der Waals surface area contributed by atoms with Gasteiger partial charge in [-0.3, -0.25) is 19.6 Å². The van der Waals surface area contributed by atoms with Gasteiger partial charge < -0.3 is 10.1 Å². The van der Waals surface area contributed by atoms with E-state index in [0.29, 0.717) is 16.9 Å². The van der Waals surface area contributed by atoms with Crippen LogP contribution < -0.4 is 5.32 Å². The second kappa shape index (κ2) is 8.26. The number of esters is 1. The lowest BCUT2D eigenvalue weighted by Gasteiger charge is -2.12. The summed E-state index contributed by atoms with van der Waals surface area (Å²) in [6.07, 6.45) is 1.48. The predicted molar refractivity (Wildman–Crippen MR) is 99.0 cm³/mol. The van der Waals surface area contributed by atoms with E-state index in [1.165, 1.54) is 31.2 Å². The minimum atomic E-state index is -1.02. The Morgan fingerprint density at radius 1 is 1.37 bits per heavy atom. The number of non-ortho nitro benzene ring substituents is 1. The molecule has 1 atom stereocenters. The van der Waals surface area contributed by atoms with Crippen LogP contribution in [0.2, 0.25) is 0 Å². The Labute approximate surface area is 155 Å². The van der Waals surface area contributed by atoms with Gasteiger partial charge in [0.1, 0.15) is 0 Å². The van der Waals surface area contributed by atoms with Crippen molar-refractivity contribution in [3.8, 4) is 0 Å². The molecule has 9 heteroatoms. The highest BCUT2D eigenvalue weighted by Gasteiger charge is 2.20. The van der Waals surface area contributed by atoms with Gasteiger partial charge in [0.25, 0.3) is 11.6 Å². The molecule has 0 unspecified atom stereocenters. The quantitative estimate of drug-likeness (QED) is 0.360. The van der Waals surface area contributed by atoms with Gasteiger partial charge in [-0.25, -0.2) is 4.79 Å². The number of carbonyl (C=O) groups excluding carboxylic acids is 2. The molecule has 9 nitrogen and oxygen atoms in total. The number of nitrogens with zero attached hydrogens (tertiary/aromatic N) is 3. The van der Waals surface area contributed by atoms with E-state index in [0.717, 1.165) is 11.8 Å². The van der Waals surface area contributed by atoms with Crippen LogP contribution in [0.3, 0.4) is 0 Å². The van der Waals surface area contributed by atoms with Crippen molar-refractivity contribution in [3.05, 3.63) is 57.4 Å². The molecule has 0 fully saturated rings. The number of aryl methyl sites for hydroxylation is 2. The number of rotatable bonds is 6. The summed E-state index contributed by atoms with van der Waals surface area (Å²) < 4.78 is 6.71. The Morgan fingerprint density at radius 3 is 2.67 bits per heavy atom. The third kappa shape index (κ3) is 5.00. The molecule has 0 spiro atoms. The van der Waals surface area contributed by atoms with Crippen LogP contribution in [-0.4, -0.2) is 32.7 Å². The lowest BCUT2D eigenvalue weighted by Crippen LogP contribution is -2.29. The number of hydrogen-bond acceptors (Lipinski definition) is 6. The number of ether oxygens (including phenoxy) is 1. The Morgan fingerprint density at radius 2 is 2.07 bits per heavy atom. The van der Waals surface area contributed by atoms with Gasteiger partial charge in [0, 0.05) is 25.3 Å². The molecule has 0 aliphatic carbocycles. The number of hydrogen-bond donors (Lipinski definition) is 1. The summed E-state index contributed by atoms with van der Waals surface area (Å²) in [6.45, 7) is 5.03. The SMILES string of the molecule is Cc1nn(C)c(C)c1NC(=O)[C@@H](C)OC(=O)/C=C/c1cccc([N+](=O)[O-])c1. The maximum absolute atomic E-state index is 12.2. The maximum Gasteiger partial charge on any atom is 0.331 e. The first-order valence-corrected chi connectivity index (χ1v) is 8.13. The maximum atomic E-state index is 12.2. The fraction of sp³-hybridized carbons (Fsp3) is 0.278. The van der Waals surface area contributed by atoms with Gasteiger partial charge in [-0.2, -0.15) is 5.10 Å². The number of aromatic nitrogens is 2. The molecule has 0 radical (unpaired) electrons. The highest BCUT2D eigenvalue weighted by Crippen LogP contribution is 2.19. The normalized spacial score (nSPS) is 12.0. The van der Waals surface area contributed by atoms with E-state index in [1.807, 2.05) is 6.92 Å². The third-order valence-electron chi connectivity index (χ3n) is 3.91. The average Bonchev–Trinajstić information content (AvgIpc) is 2.86. The van der Waals surface area contributed by atoms with Crippen molar-refractivity contribution in [2.45, 2.75) is 26.9 Å². The van der Waals surface area contributed by atoms with Gasteiger partial charge >= 0.3 is 5.97 Å². The molecule has 1 heterocycles. The van der Waals surface area contributed by atoms with Crippen molar-refractivity contribution in [3.63, 3.8) is 0 Å². The smallest absolute Gasteiger partial charge is 0.331 e. The minimum absolute atomic E-state index is 0.0829. The zero-order valence-corrected chi connectivity index (χ0v) is 15.4. The number of carbonyl (C=O) groups is 2. The second-order valence-electron chi connectivity index (χ2n) is 5.92. The molecule has 1 N–H and O–H groups in total. The zero-order valence-electron chi connectivity index (χ0n) is 15.4. The van der Waals surface area contributed by atoms with Crippen molar-refractivity contribution in [2.75, 3.05) is 5.32 Å². The van der Waals surface area contributed by atoms with Crippen LogP contribution >= 0.6 is 0 Å². The van der Waals surface area contributed by atoms with Crippen molar-refractivity contribution in [2.24, 2.45) is 7.05 Å². The Kier molecular flexibility index (Phi) is 6.07. The first-order chi connectivity index (χ1) is 12.7. The fourth-order valence-electron chi connectivity index (χ4n) is 2.35. The second-order valence-corrected chi connectivity index (χ2v) is 5.92. The van der Waals surface area contributed by atoms with Crippen LogP contribution in [0.15, 0.2) is 30.3 Å². The monoisotopic (exact) mass is 372 g/mol. The molecule has 0 bridgehead atoms. The molecule has 2 rings (SSSR count). The largest absolute Gasteiger partial charge is 0.449 e. The van der Waals surface area contributed by atoms with Gasteiger partial charge in [0.2, 0.25) is 0 Å². The summed E-state index contributed by atoms with van der Waals surface area (Å²) >= 11 is 0. The molecule has 1 aromatic heterocycles. The molecule has 2 aromatic rings. The average molecular weight is 372 g/mol. The van der Waals surface area contributed by atoms with Gasteiger partial charge in [-0.1, -0.05) is 12.1 Å². The van der Waals surface area contributed by atoms with Crippen LogP contribution in [0.25, 0.3) is 6.08 Å². The van der Waals surface area contributed by atoms with Crippen LogP contribution in [0, 0.1) is 24.0 Å². The highest BCUT2D eigenvalue weighted by molar-refractivity contribution is 5.97. The van der Waals surface area contributed by atoms with Crippen molar-refractivity contribution < 1.29 is 19.2 Å². The van der Waals surface area contributed by atoms with Crippen molar-refractivity contribution in [1.82, 2.24) is 9.78 Å². The van der Waals surface area contributed by atoms with E-state index in [9.17, 15) is 19.7 Å². The number of anilines is 1. The number of amides is 1. The van der Waals surface area contributed by atoms with Crippen LogP contribution in [0.5, 0.6) is 0 Å². The number of nitro benzene ring substituents is 1. The molecular weight excluding hydrogens is 352 g/mol.